The summed E-state index contributed by atoms with van der Waals surface area (Å²) in [6.45, 7) is 3.04. The van der Waals surface area contributed by atoms with E-state index in [4.69, 9.17) is 0 Å². The highest BCUT2D eigenvalue weighted by Crippen LogP contribution is 2.37. The molecule has 4 nitrogen and oxygen atoms in total. The number of aliphatic hydroxyl groups is 1. The van der Waals surface area contributed by atoms with Gasteiger partial charge in [0.1, 0.15) is 0 Å². The molecule has 1 aromatic carbocycles. The highest BCUT2D eigenvalue weighted by Gasteiger charge is 2.35. The predicted molar refractivity (Wildman–Crippen MR) is 70.3 cm³/mol. The van der Waals surface area contributed by atoms with E-state index < -0.39 is 23.0 Å². The zero-order valence-corrected chi connectivity index (χ0v) is 11.5. The van der Waals surface area contributed by atoms with Crippen molar-refractivity contribution in [1.82, 2.24) is 9.78 Å². The van der Waals surface area contributed by atoms with Crippen LogP contribution in [0, 0.1) is 0 Å². The molecule has 2 N–H and O–H groups in total. The number of aliphatic hydroxyl groups excluding tert-OH is 1. The van der Waals surface area contributed by atoms with Gasteiger partial charge in [-0.2, -0.15) is 18.3 Å². The van der Waals surface area contributed by atoms with E-state index in [1.807, 2.05) is 0 Å². The molecule has 0 aliphatic heterocycles. The average Bonchev–Trinajstić information content (AvgIpc) is 2.80. The molecule has 0 aliphatic carbocycles. The van der Waals surface area contributed by atoms with Gasteiger partial charge in [-0.05, 0) is 12.1 Å². The predicted octanol–water partition coefficient (Wildman–Crippen LogP) is 2.87. The van der Waals surface area contributed by atoms with Crippen LogP contribution in [0.5, 0.6) is 5.88 Å². The van der Waals surface area contributed by atoms with Crippen LogP contribution in [0.25, 0.3) is 5.69 Å². The first-order valence-corrected chi connectivity index (χ1v) is 6.23. The van der Waals surface area contributed by atoms with E-state index in [0.717, 1.165) is 10.7 Å². The van der Waals surface area contributed by atoms with E-state index in [2.05, 4.69) is 5.10 Å². The Morgan fingerprint density at radius 1 is 1.14 bits per heavy atom. The molecule has 114 valence electrons. The van der Waals surface area contributed by atoms with Crippen LogP contribution < -0.4 is 0 Å². The fourth-order valence-corrected chi connectivity index (χ4v) is 1.98. The summed E-state index contributed by atoms with van der Waals surface area (Å²) >= 11 is 0. The second-order valence-corrected chi connectivity index (χ2v) is 5.35. The lowest BCUT2D eigenvalue weighted by Gasteiger charge is -2.20. The van der Waals surface area contributed by atoms with Gasteiger partial charge in [-0.1, -0.05) is 26.0 Å². The van der Waals surface area contributed by atoms with Gasteiger partial charge in [-0.25, -0.2) is 4.68 Å². The molecule has 1 heterocycles. The number of rotatable bonds is 3. The summed E-state index contributed by atoms with van der Waals surface area (Å²) in [6, 6.07) is 4.85. The summed E-state index contributed by atoms with van der Waals surface area (Å²) in [5.74, 6) is -0.411. The Bertz CT molecular complexity index is 648. The Labute approximate surface area is 119 Å². The maximum Gasteiger partial charge on any atom is 0.418 e. The third-order valence-corrected chi connectivity index (χ3v) is 3.31. The van der Waals surface area contributed by atoms with Crippen molar-refractivity contribution in [1.29, 1.82) is 0 Å². The first kappa shape index (κ1) is 15.4. The summed E-state index contributed by atoms with van der Waals surface area (Å²) in [5, 5.41) is 23.3. The Balaban J connectivity index is 2.61. The number of aromatic hydroxyl groups is 1. The fourth-order valence-electron chi connectivity index (χ4n) is 1.98. The third kappa shape index (κ3) is 2.73. The number of hydrogen-bond acceptors (Lipinski definition) is 3. The molecule has 0 saturated carbocycles. The first-order chi connectivity index (χ1) is 9.68. The molecular weight excluding hydrogens is 285 g/mol. The summed E-state index contributed by atoms with van der Waals surface area (Å²) in [7, 11) is 0. The van der Waals surface area contributed by atoms with E-state index in [1.165, 1.54) is 24.4 Å². The third-order valence-electron chi connectivity index (χ3n) is 3.31. The smallest absolute Gasteiger partial charge is 0.418 e. The summed E-state index contributed by atoms with van der Waals surface area (Å²) in [6.07, 6.45) is -3.29. The van der Waals surface area contributed by atoms with E-state index in [0.29, 0.717) is 0 Å². The normalized spacial score (nSPS) is 12.7. The number of para-hydroxylation sites is 1. The van der Waals surface area contributed by atoms with Crippen molar-refractivity contribution in [2.75, 3.05) is 6.61 Å². The van der Waals surface area contributed by atoms with E-state index in [1.54, 1.807) is 13.8 Å². The Morgan fingerprint density at radius 2 is 1.76 bits per heavy atom. The Morgan fingerprint density at radius 3 is 2.33 bits per heavy atom. The van der Waals surface area contributed by atoms with Gasteiger partial charge in [0.15, 0.2) is 0 Å². The molecule has 0 aliphatic rings. The van der Waals surface area contributed by atoms with Crippen LogP contribution in [0.15, 0.2) is 30.5 Å². The lowest BCUT2D eigenvalue weighted by molar-refractivity contribution is -0.137. The second kappa shape index (κ2) is 5.07. The van der Waals surface area contributed by atoms with Gasteiger partial charge in [-0.3, -0.25) is 0 Å². The minimum Gasteiger partial charge on any atom is -0.493 e. The lowest BCUT2D eigenvalue weighted by Crippen LogP contribution is -2.21. The van der Waals surface area contributed by atoms with Crippen molar-refractivity contribution in [2.24, 2.45) is 0 Å². The fraction of sp³-hybridized carbons (Fsp3) is 0.357. The zero-order valence-electron chi connectivity index (χ0n) is 11.5. The zero-order chi connectivity index (χ0) is 15.8. The molecule has 7 heteroatoms. The van der Waals surface area contributed by atoms with Gasteiger partial charge in [0.25, 0.3) is 0 Å². The van der Waals surface area contributed by atoms with Gasteiger partial charge >= 0.3 is 6.18 Å². The molecule has 2 rings (SSSR count). The molecule has 0 unspecified atom stereocenters. The standard InChI is InChI=1S/C14H15F3N2O2/c1-13(2,8-20)10-7-18-19(12(10)21)11-6-4-3-5-9(11)14(15,16)17/h3-7,20-21H,8H2,1-2H3. The number of nitrogens with zero attached hydrogens (tertiary/aromatic N) is 2. The van der Waals surface area contributed by atoms with Crippen molar-refractivity contribution in [3.63, 3.8) is 0 Å². The molecule has 0 amide bonds. The van der Waals surface area contributed by atoms with Gasteiger partial charge in [-0.15, -0.1) is 0 Å². The highest BCUT2D eigenvalue weighted by atomic mass is 19.4. The van der Waals surface area contributed by atoms with Gasteiger partial charge in [0.05, 0.1) is 24.1 Å². The van der Waals surface area contributed by atoms with Crippen LogP contribution in [0.1, 0.15) is 25.0 Å². The highest BCUT2D eigenvalue weighted by molar-refractivity contribution is 5.46. The van der Waals surface area contributed by atoms with Gasteiger partial charge < -0.3 is 10.2 Å². The molecule has 0 bridgehead atoms. The molecule has 0 atom stereocenters. The van der Waals surface area contributed by atoms with Crippen molar-refractivity contribution in [2.45, 2.75) is 25.4 Å². The number of hydrogen-bond donors (Lipinski definition) is 2. The molecule has 0 saturated heterocycles. The average molecular weight is 300 g/mol. The summed E-state index contributed by atoms with van der Waals surface area (Å²) < 4.78 is 39.9. The van der Waals surface area contributed by atoms with Crippen LogP contribution in [0.2, 0.25) is 0 Å². The van der Waals surface area contributed by atoms with Crippen molar-refractivity contribution in [3.8, 4) is 11.6 Å². The summed E-state index contributed by atoms with van der Waals surface area (Å²) in [4.78, 5) is 0. The quantitative estimate of drug-likeness (QED) is 0.916. The van der Waals surface area contributed by atoms with Crippen LogP contribution in [-0.2, 0) is 11.6 Å². The molecule has 1 aromatic heterocycles. The molecular formula is C14H15F3N2O2. The molecule has 0 fully saturated rings. The van der Waals surface area contributed by atoms with Crippen LogP contribution in [0.3, 0.4) is 0 Å². The minimum atomic E-state index is -4.55. The van der Waals surface area contributed by atoms with Crippen LogP contribution >= 0.6 is 0 Å². The van der Waals surface area contributed by atoms with Gasteiger partial charge in [0, 0.05) is 11.0 Å². The van der Waals surface area contributed by atoms with Crippen LogP contribution in [0.4, 0.5) is 13.2 Å². The van der Waals surface area contributed by atoms with Crippen molar-refractivity contribution in [3.05, 3.63) is 41.6 Å². The largest absolute Gasteiger partial charge is 0.493 e. The molecule has 21 heavy (non-hydrogen) atoms. The molecule has 0 radical (unpaired) electrons. The number of alkyl halides is 3. The Hall–Kier alpha value is -2.02. The van der Waals surface area contributed by atoms with Gasteiger partial charge in [0.2, 0.25) is 5.88 Å². The topological polar surface area (TPSA) is 58.3 Å². The number of aromatic nitrogens is 2. The van der Waals surface area contributed by atoms with E-state index >= 15 is 0 Å². The van der Waals surface area contributed by atoms with E-state index in [9.17, 15) is 23.4 Å². The maximum atomic E-state index is 13.0. The lowest BCUT2D eigenvalue weighted by atomic mass is 9.87. The molecule has 0 spiro atoms. The monoisotopic (exact) mass is 300 g/mol. The second-order valence-electron chi connectivity index (χ2n) is 5.35. The minimum absolute atomic E-state index is 0.262. The number of halogens is 3. The summed E-state index contributed by atoms with van der Waals surface area (Å²) in [5.41, 5.74) is -1.68. The van der Waals surface area contributed by atoms with Crippen molar-refractivity contribution < 1.29 is 23.4 Å². The van der Waals surface area contributed by atoms with Crippen LogP contribution in [-0.4, -0.2) is 26.6 Å². The maximum absolute atomic E-state index is 13.0. The number of benzene rings is 1. The van der Waals surface area contributed by atoms with Crippen molar-refractivity contribution >= 4 is 0 Å². The SMILES string of the molecule is CC(C)(CO)c1cnn(-c2ccccc2C(F)(F)F)c1O. The van der Waals surface area contributed by atoms with E-state index in [-0.39, 0.29) is 17.9 Å². The first-order valence-electron chi connectivity index (χ1n) is 6.23. The Kier molecular flexibility index (Phi) is 3.71. The molecule has 2 aromatic rings.